The molecule has 2 N–H and O–H groups in total. The molecule has 94 valence electrons. The predicted molar refractivity (Wildman–Crippen MR) is 61.5 cm³/mol. The number of carboxylic acids is 1. The number of hydrogen-bond donors (Lipinski definition) is 2. The second kappa shape index (κ2) is 6.20. The Kier molecular flexibility index (Phi) is 4.90. The normalized spacial score (nSPS) is 12.2. The highest BCUT2D eigenvalue weighted by molar-refractivity contribution is 5.72. The number of halogens is 1. The highest BCUT2D eigenvalue weighted by Gasteiger charge is 2.18. The Morgan fingerprint density at radius 3 is 2.76 bits per heavy atom. The van der Waals surface area contributed by atoms with Crippen molar-refractivity contribution in [2.75, 3.05) is 7.05 Å². The van der Waals surface area contributed by atoms with E-state index < -0.39 is 17.9 Å². The zero-order chi connectivity index (χ0) is 12.8. The smallest absolute Gasteiger partial charge is 0.344 e. The van der Waals surface area contributed by atoms with E-state index in [1.165, 1.54) is 12.1 Å². The quantitative estimate of drug-likeness (QED) is 0.797. The summed E-state index contributed by atoms with van der Waals surface area (Å²) >= 11 is 0. The molecule has 0 aromatic heterocycles. The van der Waals surface area contributed by atoms with Crippen LogP contribution in [0.3, 0.4) is 0 Å². The van der Waals surface area contributed by atoms with E-state index in [1.54, 1.807) is 20.0 Å². The van der Waals surface area contributed by atoms with E-state index in [9.17, 15) is 9.18 Å². The molecular weight excluding hydrogens is 225 g/mol. The van der Waals surface area contributed by atoms with E-state index in [2.05, 4.69) is 5.32 Å². The lowest BCUT2D eigenvalue weighted by Gasteiger charge is -2.14. The lowest BCUT2D eigenvalue weighted by Crippen LogP contribution is -2.26. The second-order valence-corrected chi connectivity index (χ2v) is 3.65. The van der Waals surface area contributed by atoms with Gasteiger partial charge in [0.05, 0.1) is 0 Å². The summed E-state index contributed by atoms with van der Waals surface area (Å²) in [6.07, 6.45) is -0.729. The standard InChI is InChI=1S/C12H16FNO3/c1-3-10(12(15)16)17-11-5-4-8(7-14-2)6-9(11)13/h4-6,10,14H,3,7H2,1-2H3,(H,15,16). The Morgan fingerprint density at radius 2 is 2.29 bits per heavy atom. The molecule has 1 unspecified atom stereocenters. The predicted octanol–water partition coefficient (Wildman–Crippen LogP) is 1.79. The highest BCUT2D eigenvalue weighted by Crippen LogP contribution is 2.20. The van der Waals surface area contributed by atoms with Gasteiger partial charge in [0.25, 0.3) is 0 Å². The number of rotatable bonds is 6. The van der Waals surface area contributed by atoms with Crippen molar-refractivity contribution >= 4 is 5.97 Å². The van der Waals surface area contributed by atoms with E-state index in [1.807, 2.05) is 0 Å². The maximum Gasteiger partial charge on any atom is 0.344 e. The fourth-order valence-corrected chi connectivity index (χ4v) is 1.42. The minimum atomic E-state index is -1.09. The summed E-state index contributed by atoms with van der Waals surface area (Å²) < 4.78 is 18.7. The van der Waals surface area contributed by atoms with Crippen LogP contribution in [0.25, 0.3) is 0 Å². The van der Waals surface area contributed by atoms with Gasteiger partial charge < -0.3 is 15.2 Å². The van der Waals surface area contributed by atoms with E-state index >= 15 is 0 Å². The van der Waals surface area contributed by atoms with Gasteiger partial charge in [0.2, 0.25) is 0 Å². The van der Waals surface area contributed by atoms with Gasteiger partial charge in [0.15, 0.2) is 17.7 Å². The summed E-state index contributed by atoms with van der Waals surface area (Å²) in [4.78, 5) is 10.8. The Morgan fingerprint density at radius 1 is 1.59 bits per heavy atom. The van der Waals surface area contributed by atoms with Crippen LogP contribution in [0.2, 0.25) is 0 Å². The molecule has 0 heterocycles. The minimum absolute atomic E-state index is 0.0286. The summed E-state index contributed by atoms with van der Waals surface area (Å²) in [7, 11) is 1.76. The third-order valence-corrected chi connectivity index (χ3v) is 2.29. The minimum Gasteiger partial charge on any atom is -0.479 e. The fourth-order valence-electron chi connectivity index (χ4n) is 1.42. The average molecular weight is 241 g/mol. The molecule has 0 radical (unpaired) electrons. The molecule has 4 nitrogen and oxygen atoms in total. The van der Waals surface area contributed by atoms with Gasteiger partial charge in [0, 0.05) is 6.54 Å². The van der Waals surface area contributed by atoms with Crippen molar-refractivity contribution in [2.24, 2.45) is 0 Å². The molecule has 5 heteroatoms. The monoisotopic (exact) mass is 241 g/mol. The molecule has 0 fully saturated rings. The lowest BCUT2D eigenvalue weighted by atomic mass is 10.2. The summed E-state index contributed by atoms with van der Waals surface area (Å²) in [5, 5.41) is 11.7. The van der Waals surface area contributed by atoms with Crippen LogP contribution in [0.1, 0.15) is 18.9 Å². The van der Waals surface area contributed by atoms with Gasteiger partial charge in [-0.05, 0) is 31.2 Å². The van der Waals surface area contributed by atoms with Crippen molar-refractivity contribution in [2.45, 2.75) is 26.0 Å². The first-order chi connectivity index (χ1) is 8.08. The van der Waals surface area contributed by atoms with Crippen LogP contribution < -0.4 is 10.1 Å². The van der Waals surface area contributed by atoms with E-state index in [-0.39, 0.29) is 12.2 Å². The zero-order valence-corrected chi connectivity index (χ0v) is 9.87. The first-order valence-corrected chi connectivity index (χ1v) is 5.41. The summed E-state index contributed by atoms with van der Waals surface area (Å²) in [6, 6.07) is 4.48. The SMILES string of the molecule is CCC(Oc1ccc(CNC)cc1F)C(=O)O. The number of benzene rings is 1. The van der Waals surface area contributed by atoms with Crippen LogP contribution in [0.15, 0.2) is 18.2 Å². The van der Waals surface area contributed by atoms with Gasteiger partial charge in [-0.1, -0.05) is 13.0 Å². The Hall–Kier alpha value is -1.62. The Bertz CT molecular complexity index is 395. The van der Waals surface area contributed by atoms with Gasteiger partial charge in [0.1, 0.15) is 0 Å². The average Bonchev–Trinajstić information content (AvgIpc) is 2.28. The van der Waals surface area contributed by atoms with Gasteiger partial charge in [-0.15, -0.1) is 0 Å². The molecule has 1 aromatic rings. The third-order valence-electron chi connectivity index (χ3n) is 2.29. The Balaban J connectivity index is 2.81. The topological polar surface area (TPSA) is 58.6 Å². The van der Waals surface area contributed by atoms with Crippen molar-refractivity contribution < 1.29 is 19.0 Å². The van der Waals surface area contributed by atoms with Crippen LogP contribution in [0, 0.1) is 5.82 Å². The summed E-state index contributed by atoms with van der Waals surface area (Å²) in [5.41, 5.74) is 0.778. The molecule has 1 rings (SSSR count). The van der Waals surface area contributed by atoms with Gasteiger partial charge in [-0.2, -0.15) is 0 Å². The van der Waals surface area contributed by atoms with Crippen LogP contribution in [0.4, 0.5) is 4.39 Å². The first-order valence-electron chi connectivity index (χ1n) is 5.41. The molecule has 0 aliphatic rings. The molecule has 0 spiro atoms. The molecule has 1 aromatic carbocycles. The van der Waals surface area contributed by atoms with Gasteiger partial charge in [-0.3, -0.25) is 0 Å². The van der Waals surface area contributed by atoms with E-state index in [4.69, 9.17) is 9.84 Å². The van der Waals surface area contributed by atoms with Crippen LogP contribution in [-0.4, -0.2) is 24.2 Å². The summed E-state index contributed by atoms with van der Waals surface area (Å²) in [6.45, 7) is 2.22. The molecule has 0 saturated carbocycles. The number of carboxylic acid groups (broad SMARTS) is 1. The maximum atomic E-state index is 13.6. The molecule has 0 bridgehead atoms. The third kappa shape index (κ3) is 3.71. The van der Waals surface area contributed by atoms with Crippen molar-refractivity contribution in [1.82, 2.24) is 5.32 Å². The fraction of sp³-hybridized carbons (Fsp3) is 0.417. The second-order valence-electron chi connectivity index (χ2n) is 3.65. The zero-order valence-electron chi connectivity index (χ0n) is 9.87. The highest BCUT2D eigenvalue weighted by atomic mass is 19.1. The number of carbonyl (C=O) groups is 1. The lowest BCUT2D eigenvalue weighted by molar-refractivity contribution is -0.145. The van der Waals surface area contributed by atoms with Crippen molar-refractivity contribution in [3.05, 3.63) is 29.6 Å². The number of aliphatic carboxylic acids is 1. The first kappa shape index (κ1) is 13.4. The molecular formula is C12H16FNO3. The van der Waals surface area contributed by atoms with Crippen molar-refractivity contribution in [3.63, 3.8) is 0 Å². The van der Waals surface area contributed by atoms with Crippen LogP contribution in [-0.2, 0) is 11.3 Å². The van der Waals surface area contributed by atoms with Crippen molar-refractivity contribution in [3.8, 4) is 5.75 Å². The van der Waals surface area contributed by atoms with E-state index in [0.29, 0.717) is 6.54 Å². The molecule has 0 saturated heterocycles. The Labute approximate surface area is 99.4 Å². The number of hydrogen-bond acceptors (Lipinski definition) is 3. The van der Waals surface area contributed by atoms with Crippen molar-refractivity contribution in [1.29, 1.82) is 0 Å². The maximum absolute atomic E-state index is 13.6. The number of ether oxygens (including phenoxy) is 1. The molecule has 17 heavy (non-hydrogen) atoms. The van der Waals surface area contributed by atoms with Crippen LogP contribution >= 0.6 is 0 Å². The molecule has 0 aliphatic carbocycles. The molecule has 1 atom stereocenters. The summed E-state index contributed by atoms with van der Waals surface area (Å²) in [5.74, 6) is -1.66. The van der Waals surface area contributed by atoms with E-state index in [0.717, 1.165) is 5.56 Å². The van der Waals surface area contributed by atoms with Crippen LogP contribution in [0.5, 0.6) is 5.75 Å². The van der Waals surface area contributed by atoms with Gasteiger partial charge >= 0.3 is 5.97 Å². The molecule has 0 aliphatic heterocycles. The largest absolute Gasteiger partial charge is 0.479 e. The van der Waals surface area contributed by atoms with Gasteiger partial charge in [-0.25, -0.2) is 9.18 Å². The number of nitrogens with one attached hydrogen (secondary N) is 1. The molecule has 0 amide bonds.